The van der Waals surface area contributed by atoms with E-state index in [9.17, 15) is 4.79 Å². The van der Waals surface area contributed by atoms with E-state index < -0.39 is 5.97 Å². The Morgan fingerprint density at radius 2 is 2.00 bits per heavy atom. The monoisotopic (exact) mass is 309 g/mol. The summed E-state index contributed by atoms with van der Waals surface area (Å²) < 4.78 is 6.86. The third-order valence-electron chi connectivity index (χ3n) is 3.42. The number of nitrogens with zero attached hydrogens (tertiary/aromatic N) is 3. The Kier molecular flexibility index (Phi) is 4.05. The summed E-state index contributed by atoms with van der Waals surface area (Å²) >= 11 is 0. The van der Waals surface area contributed by atoms with Crippen molar-refractivity contribution >= 4 is 5.97 Å². The molecule has 0 aliphatic heterocycles. The second-order valence-corrected chi connectivity index (χ2v) is 5.02. The summed E-state index contributed by atoms with van der Waals surface area (Å²) in [4.78, 5) is 10.7. The number of hydrogen-bond donors (Lipinski definition) is 1. The van der Waals surface area contributed by atoms with Gasteiger partial charge in [0.1, 0.15) is 11.4 Å². The molecule has 3 rings (SSSR count). The van der Waals surface area contributed by atoms with Gasteiger partial charge in [-0.05, 0) is 29.8 Å². The van der Waals surface area contributed by atoms with Crippen molar-refractivity contribution in [1.29, 1.82) is 0 Å². The van der Waals surface area contributed by atoms with Gasteiger partial charge in [0, 0.05) is 5.56 Å². The van der Waals surface area contributed by atoms with Gasteiger partial charge in [-0.2, -0.15) is 0 Å². The first-order chi connectivity index (χ1) is 11.2. The molecule has 2 aromatic carbocycles. The number of carboxylic acids is 1. The molecule has 0 saturated heterocycles. The first-order valence-electron chi connectivity index (χ1n) is 7.03. The Balaban J connectivity index is 1.85. The fraction of sp³-hybridized carbons (Fsp3) is 0.118. The van der Waals surface area contributed by atoms with Gasteiger partial charge in [0.2, 0.25) is 0 Å². The number of aliphatic carboxylic acids is 1. The van der Waals surface area contributed by atoms with Crippen LogP contribution in [0.2, 0.25) is 0 Å². The van der Waals surface area contributed by atoms with Gasteiger partial charge in [0.15, 0.2) is 0 Å². The van der Waals surface area contributed by atoms with Crippen LogP contribution in [0.4, 0.5) is 0 Å². The van der Waals surface area contributed by atoms with Crippen LogP contribution in [0, 0.1) is 0 Å². The molecule has 23 heavy (non-hydrogen) atoms. The average Bonchev–Trinajstić information content (AvgIpc) is 3.05. The summed E-state index contributed by atoms with van der Waals surface area (Å²) in [5.41, 5.74) is 3.21. The maximum atomic E-state index is 10.7. The van der Waals surface area contributed by atoms with Crippen molar-refractivity contribution < 1.29 is 14.6 Å². The SMILES string of the molecule is COc1cccc(-c2cn(-c3ccc(CC(=O)O)cc3)nn2)c1. The van der Waals surface area contributed by atoms with E-state index in [2.05, 4.69) is 10.3 Å². The van der Waals surface area contributed by atoms with Crippen molar-refractivity contribution in [2.75, 3.05) is 7.11 Å². The number of methoxy groups -OCH3 is 1. The predicted molar refractivity (Wildman–Crippen MR) is 84.7 cm³/mol. The van der Waals surface area contributed by atoms with Gasteiger partial charge in [-0.3, -0.25) is 4.79 Å². The zero-order valence-electron chi connectivity index (χ0n) is 12.5. The van der Waals surface area contributed by atoms with E-state index in [1.54, 1.807) is 23.9 Å². The molecule has 1 aromatic heterocycles. The van der Waals surface area contributed by atoms with Gasteiger partial charge in [0.25, 0.3) is 0 Å². The van der Waals surface area contributed by atoms with Gasteiger partial charge in [-0.15, -0.1) is 5.10 Å². The highest BCUT2D eigenvalue weighted by molar-refractivity contribution is 5.70. The Morgan fingerprint density at radius 1 is 1.22 bits per heavy atom. The fourth-order valence-electron chi connectivity index (χ4n) is 2.25. The normalized spacial score (nSPS) is 10.5. The molecule has 0 unspecified atom stereocenters. The van der Waals surface area contributed by atoms with Crippen molar-refractivity contribution in [3.8, 4) is 22.7 Å². The Bertz CT molecular complexity index is 825. The minimum Gasteiger partial charge on any atom is -0.497 e. The molecule has 6 nitrogen and oxygen atoms in total. The van der Waals surface area contributed by atoms with Crippen molar-refractivity contribution in [3.63, 3.8) is 0 Å². The summed E-state index contributed by atoms with van der Waals surface area (Å²) in [5.74, 6) is -0.0890. The maximum absolute atomic E-state index is 10.7. The molecule has 0 spiro atoms. The summed E-state index contributed by atoms with van der Waals surface area (Å²) in [6, 6.07) is 14.8. The Labute approximate surface area is 133 Å². The maximum Gasteiger partial charge on any atom is 0.307 e. The molecule has 0 aliphatic rings. The van der Waals surface area contributed by atoms with Crippen LogP contribution in [0.25, 0.3) is 16.9 Å². The number of ether oxygens (including phenoxy) is 1. The number of aromatic nitrogens is 3. The lowest BCUT2D eigenvalue weighted by Gasteiger charge is -2.02. The van der Waals surface area contributed by atoms with Crippen LogP contribution in [0.15, 0.2) is 54.7 Å². The molecular formula is C17H15N3O3. The standard InChI is InChI=1S/C17H15N3O3/c1-23-15-4-2-3-13(10-15)16-11-20(19-18-16)14-7-5-12(6-8-14)9-17(21)22/h2-8,10-11H,9H2,1H3,(H,21,22). The van der Waals surface area contributed by atoms with Gasteiger partial charge in [-0.25, -0.2) is 4.68 Å². The highest BCUT2D eigenvalue weighted by Crippen LogP contribution is 2.22. The van der Waals surface area contributed by atoms with Crippen LogP contribution >= 0.6 is 0 Å². The van der Waals surface area contributed by atoms with Crippen LogP contribution in [0.5, 0.6) is 5.75 Å². The molecule has 0 bridgehead atoms. The van der Waals surface area contributed by atoms with Gasteiger partial charge < -0.3 is 9.84 Å². The third-order valence-corrected chi connectivity index (χ3v) is 3.42. The van der Waals surface area contributed by atoms with Crippen molar-refractivity contribution in [3.05, 3.63) is 60.3 Å². The van der Waals surface area contributed by atoms with E-state index in [0.717, 1.165) is 28.3 Å². The van der Waals surface area contributed by atoms with Crippen LogP contribution in [-0.4, -0.2) is 33.2 Å². The Morgan fingerprint density at radius 3 is 2.70 bits per heavy atom. The molecule has 0 amide bonds. The summed E-state index contributed by atoms with van der Waals surface area (Å²) in [6.07, 6.45) is 1.83. The average molecular weight is 309 g/mol. The van der Waals surface area contributed by atoms with Crippen molar-refractivity contribution in [2.45, 2.75) is 6.42 Å². The molecule has 1 N–H and O–H groups in total. The first kappa shape index (κ1) is 14.8. The largest absolute Gasteiger partial charge is 0.497 e. The molecular weight excluding hydrogens is 294 g/mol. The topological polar surface area (TPSA) is 77.2 Å². The van der Waals surface area contributed by atoms with E-state index in [-0.39, 0.29) is 6.42 Å². The molecule has 6 heteroatoms. The van der Waals surface area contributed by atoms with E-state index in [1.807, 2.05) is 42.6 Å². The van der Waals surface area contributed by atoms with Gasteiger partial charge in [-0.1, -0.05) is 29.5 Å². The van der Waals surface area contributed by atoms with E-state index in [0.29, 0.717) is 0 Å². The molecule has 0 aliphatic carbocycles. The molecule has 0 saturated carbocycles. The summed E-state index contributed by atoms with van der Waals surface area (Å²) in [7, 11) is 1.62. The summed E-state index contributed by atoms with van der Waals surface area (Å²) in [6.45, 7) is 0. The highest BCUT2D eigenvalue weighted by Gasteiger charge is 2.07. The molecule has 0 radical (unpaired) electrons. The summed E-state index contributed by atoms with van der Waals surface area (Å²) in [5, 5.41) is 17.1. The van der Waals surface area contributed by atoms with Crippen LogP contribution in [-0.2, 0) is 11.2 Å². The minimum absolute atomic E-state index is 0.00664. The first-order valence-corrected chi connectivity index (χ1v) is 7.03. The second kappa shape index (κ2) is 6.31. The van der Waals surface area contributed by atoms with Crippen LogP contribution < -0.4 is 4.74 Å². The lowest BCUT2D eigenvalue weighted by Crippen LogP contribution is -2.00. The van der Waals surface area contributed by atoms with E-state index in [1.165, 1.54) is 0 Å². The Hall–Kier alpha value is -3.15. The molecule has 0 fully saturated rings. The van der Waals surface area contributed by atoms with Crippen LogP contribution in [0.1, 0.15) is 5.56 Å². The van der Waals surface area contributed by atoms with Gasteiger partial charge >= 0.3 is 5.97 Å². The van der Waals surface area contributed by atoms with E-state index in [4.69, 9.17) is 9.84 Å². The fourth-order valence-corrected chi connectivity index (χ4v) is 2.25. The number of carbonyl (C=O) groups is 1. The molecule has 116 valence electrons. The number of hydrogen-bond acceptors (Lipinski definition) is 4. The van der Waals surface area contributed by atoms with E-state index >= 15 is 0 Å². The quantitative estimate of drug-likeness (QED) is 0.784. The van der Waals surface area contributed by atoms with Crippen LogP contribution in [0.3, 0.4) is 0 Å². The minimum atomic E-state index is -0.848. The zero-order chi connectivity index (χ0) is 16.2. The number of rotatable bonds is 5. The molecule has 1 heterocycles. The third kappa shape index (κ3) is 3.37. The number of benzene rings is 2. The second-order valence-electron chi connectivity index (χ2n) is 5.02. The lowest BCUT2D eigenvalue weighted by molar-refractivity contribution is -0.136. The lowest BCUT2D eigenvalue weighted by atomic mass is 10.1. The highest BCUT2D eigenvalue weighted by atomic mass is 16.5. The smallest absolute Gasteiger partial charge is 0.307 e. The molecule has 3 aromatic rings. The van der Waals surface area contributed by atoms with Crippen molar-refractivity contribution in [2.24, 2.45) is 0 Å². The van der Waals surface area contributed by atoms with Gasteiger partial charge in [0.05, 0.1) is 25.4 Å². The predicted octanol–water partition coefficient (Wildman–Crippen LogP) is 2.57. The molecule has 0 atom stereocenters. The zero-order valence-corrected chi connectivity index (χ0v) is 12.5. The number of carboxylic acid groups (broad SMARTS) is 1. The van der Waals surface area contributed by atoms with Crippen molar-refractivity contribution in [1.82, 2.24) is 15.0 Å².